The minimum Gasteiger partial charge on any atom is -0.350 e. The van der Waals surface area contributed by atoms with Gasteiger partial charge in [-0.1, -0.05) is 46.9 Å². The predicted molar refractivity (Wildman–Crippen MR) is 147 cm³/mol. The van der Waals surface area contributed by atoms with Crippen molar-refractivity contribution in [2.75, 3.05) is 17.1 Å². The van der Waals surface area contributed by atoms with Crippen molar-refractivity contribution in [3.8, 4) is 0 Å². The number of sulfonamides is 1. The number of amides is 2. The van der Waals surface area contributed by atoms with Gasteiger partial charge in [-0.2, -0.15) is 0 Å². The molecule has 0 heterocycles. The van der Waals surface area contributed by atoms with Crippen LogP contribution in [0, 0.1) is 0 Å². The van der Waals surface area contributed by atoms with E-state index in [-0.39, 0.29) is 37.7 Å². The van der Waals surface area contributed by atoms with E-state index >= 15 is 0 Å². The van der Waals surface area contributed by atoms with Crippen molar-refractivity contribution < 1.29 is 18.0 Å². The Hall–Kier alpha value is -2.00. The zero-order valence-corrected chi connectivity index (χ0v) is 24.1. The summed E-state index contributed by atoms with van der Waals surface area (Å²) in [4.78, 5) is 27.7. The van der Waals surface area contributed by atoms with Gasteiger partial charge < -0.3 is 10.2 Å². The number of hydrogen-bond acceptors (Lipinski definition) is 4. The molecule has 0 aliphatic carbocycles. The third-order valence-electron chi connectivity index (χ3n) is 5.25. The number of rotatable bonds is 10. The lowest BCUT2D eigenvalue weighted by molar-refractivity contribution is -0.141. The van der Waals surface area contributed by atoms with Crippen LogP contribution in [0.3, 0.4) is 0 Å². The first kappa shape index (κ1) is 30.2. The molecule has 0 saturated carbocycles. The molecule has 0 saturated heterocycles. The second-order valence-corrected chi connectivity index (χ2v) is 12.8. The van der Waals surface area contributed by atoms with Crippen molar-refractivity contribution in [2.45, 2.75) is 58.7 Å². The first-order valence-corrected chi connectivity index (χ1v) is 14.4. The van der Waals surface area contributed by atoms with Gasteiger partial charge in [-0.15, -0.1) is 0 Å². The average molecular weight is 577 g/mol. The van der Waals surface area contributed by atoms with Gasteiger partial charge in [-0.3, -0.25) is 13.9 Å². The van der Waals surface area contributed by atoms with E-state index in [1.165, 1.54) is 9.21 Å². The lowest BCUT2D eigenvalue weighted by Gasteiger charge is -2.32. The third-order valence-corrected chi connectivity index (χ3v) is 7.42. The summed E-state index contributed by atoms with van der Waals surface area (Å²) in [7, 11) is -3.60. The molecule has 0 bridgehead atoms. The van der Waals surface area contributed by atoms with Gasteiger partial charge in [0.2, 0.25) is 21.8 Å². The zero-order chi connectivity index (χ0) is 27.3. The Kier molecular flexibility index (Phi) is 10.5. The molecule has 2 aromatic rings. The molecule has 0 unspecified atom stereocenters. The van der Waals surface area contributed by atoms with Crippen LogP contribution < -0.4 is 9.62 Å². The van der Waals surface area contributed by atoms with Crippen molar-refractivity contribution in [2.24, 2.45) is 0 Å². The van der Waals surface area contributed by atoms with Gasteiger partial charge in [0.1, 0.15) is 6.04 Å². The highest BCUT2D eigenvalue weighted by Crippen LogP contribution is 2.25. The van der Waals surface area contributed by atoms with Crippen LogP contribution >= 0.6 is 34.8 Å². The van der Waals surface area contributed by atoms with Crippen LogP contribution in [0.25, 0.3) is 0 Å². The van der Waals surface area contributed by atoms with Gasteiger partial charge in [0, 0.05) is 30.1 Å². The molecule has 11 heteroatoms. The van der Waals surface area contributed by atoms with Crippen LogP contribution in [-0.4, -0.2) is 49.5 Å². The number of carbonyl (C=O) groups excluding carboxylic acids is 2. The maximum Gasteiger partial charge on any atom is 0.242 e. The summed E-state index contributed by atoms with van der Waals surface area (Å²) in [5, 5.41) is 4.04. The molecular weight excluding hydrogens is 545 g/mol. The highest BCUT2D eigenvalue weighted by molar-refractivity contribution is 7.92. The molecule has 1 atom stereocenters. The normalized spacial score (nSPS) is 12.7. The van der Waals surface area contributed by atoms with Gasteiger partial charge in [-0.25, -0.2) is 8.42 Å². The van der Waals surface area contributed by atoms with Gasteiger partial charge >= 0.3 is 0 Å². The van der Waals surface area contributed by atoms with E-state index in [2.05, 4.69) is 5.32 Å². The number of hydrogen-bond donors (Lipinski definition) is 1. The Morgan fingerprint density at radius 1 is 1.03 bits per heavy atom. The molecule has 36 heavy (non-hydrogen) atoms. The SMILES string of the molecule is C[C@H](C(=O)NC(C)(C)C)N(Cc1ccc(Cl)c(Cl)c1)C(=O)CCCN(c1cccc(Cl)c1)S(C)(=O)=O. The molecule has 0 spiro atoms. The van der Waals surface area contributed by atoms with Crippen molar-refractivity contribution in [3.05, 3.63) is 63.1 Å². The largest absolute Gasteiger partial charge is 0.350 e. The molecule has 0 radical (unpaired) electrons. The Bertz CT molecular complexity index is 1200. The monoisotopic (exact) mass is 575 g/mol. The van der Waals surface area contributed by atoms with Gasteiger partial charge in [0.25, 0.3) is 0 Å². The standard InChI is InChI=1S/C25H32Cl3N3O4S/c1-17(24(33)29-25(2,3)4)30(16-18-11-12-21(27)22(28)14-18)23(32)10-7-13-31(36(5,34)35)20-9-6-8-19(26)15-20/h6,8-9,11-12,14-15,17H,7,10,13,16H2,1-5H3,(H,29,33)/t17-/m1/s1. The maximum absolute atomic E-state index is 13.3. The number of benzene rings is 2. The van der Waals surface area contributed by atoms with Crippen LogP contribution in [0.5, 0.6) is 0 Å². The summed E-state index contributed by atoms with van der Waals surface area (Å²) in [6.45, 7) is 7.45. The number of halogens is 3. The summed E-state index contributed by atoms with van der Waals surface area (Å²) in [6.07, 6.45) is 1.37. The molecular formula is C25H32Cl3N3O4S. The van der Waals surface area contributed by atoms with E-state index in [0.29, 0.717) is 26.3 Å². The van der Waals surface area contributed by atoms with E-state index in [9.17, 15) is 18.0 Å². The first-order valence-electron chi connectivity index (χ1n) is 11.4. The molecule has 0 aliphatic heterocycles. The molecule has 0 aliphatic rings. The van der Waals surface area contributed by atoms with E-state index in [0.717, 1.165) is 6.26 Å². The highest BCUT2D eigenvalue weighted by atomic mass is 35.5. The molecule has 2 amide bonds. The molecule has 2 rings (SSSR count). The van der Waals surface area contributed by atoms with Crippen LogP contribution in [0.2, 0.25) is 15.1 Å². The summed E-state index contributed by atoms with van der Waals surface area (Å²) in [6, 6.07) is 10.8. The van der Waals surface area contributed by atoms with Gasteiger partial charge in [0.15, 0.2) is 0 Å². The number of nitrogens with zero attached hydrogens (tertiary/aromatic N) is 2. The Labute approximate surface area is 228 Å². The predicted octanol–water partition coefficient (Wildman–Crippen LogP) is 5.53. The minimum atomic E-state index is -3.60. The average Bonchev–Trinajstić information content (AvgIpc) is 2.74. The summed E-state index contributed by atoms with van der Waals surface area (Å²) in [5.74, 6) is -0.593. The van der Waals surface area contributed by atoms with Crippen LogP contribution in [0.4, 0.5) is 5.69 Å². The van der Waals surface area contributed by atoms with Crippen molar-refractivity contribution in [1.82, 2.24) is 10.2 Å². The summed E-state index contributed by atoms with van der Waals surface area (Å²) < 4.78 is 26.0. The lowest BCUT2D eigenvalue weighted by Crippen LogP contribution is -2.52. The lowest BCUT2D eigenvalue weighted by atomic mass is 10.1. The zero-order valence-electron chi connectivity index (χ0n) is 21.0. The maximum atomic E-state index is 13.3. The Balaban J connectivity index is 2.22. The van der Waals surface area contributed by atoms with Crippen LogP contribution in [0.15, 0.2) is 42.5 Å². The number of anilines is 1. The number of carbonyl (C=O) groups is 2. The van der Waals surface area contributed by atoms with Gasteiger partial charge in [0.05, 0.1) is 22.0 Å². The topological polar surface area (TPSA) is 86.8 Å². The fourth-order valence-corrected chi connectivity index (χ4v) is 4.99. The molecule has 198 valence electrons. The first-order chi connectivity index (χ1) is 16.6. The van der Waals surface area contributed by atoms with Crippen LogP contribution in [-0.2, 0) is 26.2 Å². The van der Waals surface area contributed by atoms with Gasteiger partial charge in [-0.05, 0) is 70.0 Å². The van der Waals surface area contributed by atoms with Crippen molar-refractivity contribution >= 4 is 62.3 Å². The Morgan fingerprint density at radius 2 is 1.69 bits per heavy atom. The third kappa shape index (κ3) is 9.14. The fourth-order valence-electron chi connectivity index (χ4n) is 3.53. The second-order valence-electron chi connectivity index (χ2n) is 9.60. The smallest absolute Gasteiger partial charge is 0.242 e. The number of nitrogens with one attached hydrogen (secondary N) is 1. The van der Waals surface area contributed by atoms with Crippen LogP contribution in [0.1, 0.15) is 46.1 Å². The highest BCUT2D eigenvalue weighted by Gasteiger charge is 2.28. The minimum absolute atomic E-state index is 0.0288. The van der Waals surface area contributed by atoms with E-state index in [1.807, 2.05) is 20.8 Å². The quantitative estimate of drug-likeness (QED) is 0.403. The van der Waals surface area contributed by atoms with E-state index < -0.39 is 21.6 Å². The molecule has 0 aromatic heterocycles. The molecule has 1 N–H and O–H groups in total. The molecule has 7 nitrogen and oxygen atoms in total. The van der Waals surface area contributed by atoms with Crippen molar-refractivity contribution in [1.29, 1.82) is 0 Å². The summed E-state index contributed by atoms with van der Waals surface area (Å²) in [5.41, 5.74) is 0.657. The Morgan fingerprint density at radius 3 is 2.25 bits per heavy atom. The summed E-state index contributed by atoms with van der Waals surface area (Å²) >= 11 is 18.2. The van der Waals surface area contributed by atoms with E-state index in [4.69, 9.17) is 34.8 Å². The fraction of sp³-hybridized carbons (Fsp3) is 0.440. The molecule has 2 aromatic carbocycles. The second kappa shape index (κ2) is 12.5. The van der Waals surface area contributed by atoms with E-state index in [1.54, 1.807) is 49.4 Å². The molecule has 0 fully saturated rings. The van der Waals surface area contributed by atoms with Crippen molar-refractivity contribution in [3.63, 3.8) is 0 Å².